The van der Waals surface area contributed by atoms with E-state index >= 15 is 0 Å². The first kappa shape index (κ1) is 19.8. The number of benzene rings is 2. The van der Waals surface area contributed by atoms with E-state index in [1.165, 1.54) is 11.1 Å². The number of rotatable bonds is 9. The Kier molecular flexibility index (Phi) is 6.95. The van der Waals surface area contributed by atoms with Crippen LogP contribution in [0.1, 0.15) is 36.8 Å². The van der Waals surface area contributed by atoms with Gasteiger partial charge in [0.15, 0.2) is 0 Å². The normalized spacial score (nSPS) is 10.8. The number of carbonyl (C=O) groups excluding carboxylic acids is 1. The van der Waals surface area contributed by atoms with Gasteiger partial charge in [0.05, 0.1) is 0 Å². The van der Waals surface area contributed by atoms with Crippen LogP contribution >= 0.6 is 0 Å². The van der Waals surface area contributed by atoms with E-state index in [4.69, 9.17) is 4.52 Å². The molecule has 0 aliphatic carbocycles. The van der Waals surface area contributed by atoms with Crippen molar-refractivity contribution in [3.05, 3.63) is 71.6 Å². The monoisotopic (exact) mass is 377 g/mol. The molecule has 0 fully saturated rings. The molecule has 2 aromatic carbocycles. The van der Waals surface area contributed by atoms with Crippen LogP contribution in [0.15, 0.2) is 59.1 Å². The van der Waals surface area contributed by atoms with Crippen molar-refractivity contribution in [2.45, 2.75) is 39.5 Å². The molecule has 0 N–H and O–H groups in total. The maximum atomic E-state index is 12.6. The molecule has 0 bridgehead atoms. The minimum Gasteiger partial charge on any atom is -0.342 e. The van der Waals surface area contributed by atoms with E-state index in [9.17, 15) is 4.79 Å². The molecule has 0 aliphatic rings. The van der Waals surface area contributed by atoms with Crippen molar-refractivity contribution >= 4 is 5.91 Å². The van der Waals surface area contributed by atoms with Crippen molar-refractivity contribution < 1.29 is 9.32 Å². The average molecular weight is 377 g/mol. The number of carbonyl (C=O) groups is 1. The predicted molar refractivity (Wildman–Crippen MR) is 110 cm³/mol. The van der Waals surface area contributed by atoms with E-state index in [0.29, 0.717) is 31.1 Å². The summed E-state index contributed by atoms with van der Waals surface area (Å²) < 4.78 is 5.39. The van der Waals surface area contributed by atoms with Crippen molar-refractivity contribution in [3.8, 4) is 11.4 Å². The summed E-state index contributed by atoms with van der Waals surface area (Å²) in [5, 5.41) is 4.07. The fraction of sp³-hybridized carbons (Fsp3) is 0.348. The van der Waals surface area contributed by atoms with Gasteiger partial charge in [0, 0.05) is 31.5 Å². The lowest BCUT2D eigenvalue weighted by Gasteiger charge is -2.21. The Morgan fingerprint density at radius 2 is 1.75 bits per heavy atom. The Balaban J connectivity index is 1.55. The van der Waals surface area contributed by atoms with E-state index in [2.05, 4.69) is 29.2 Å². The first-order valence-corrected chi connectivity index (χ1v) is 9.87. The smallest absolute Gasteiger partial charge is 0.228 e. The van der Waals surface area contributed by atoms with Crippen molar-refractivity contribution in [1.29, 1.82) is 0 Å². The highest BCUT2D eigenvalue weighted by molar-refractivity contribution is 5.76. The molecule has 5 nitrogen and oxygen atoms in total. The molecule has 0 atom stereocenters. The third-order valence-electron chi connectivity index (χ3n) is 4.69. The van der Waals surface area contributed by atoms with Crippen LogP contribution in [-0.4, -0.2) is 34.0 Å². The number of aryl methyl sites for hydroxylation is 2. The highest BCUT2D eigenvalue weighted by Crippen LogP contribution is 2.16. The van der Waals surface area contributed by atoms with Gasteiger partial charge < -0.3 is 9.42 Å². The summed E-state index contributed by atoms with van der Waals surface area (Å²) in [6.45, 7) is 5.46. The van der Waals surface area contributed by atoms with Gasteiger partial charge in [-0.25, -0.2) is 0 Å². The molecule has 0 radical (unpaired) electrons. The van der Waals surface area contributed by atoms with Crippen LogP contribution in [0.2, 0.25) is 0 Å². The Morgan fingerprint density at radius 3 is 2.46 bits per heavy atom. The second-order valence-electron chi connectivity index (χ2n) is 6.99. The number of nitrogens with zero attached hydrogens (tertiary/aromatic N) is 3. The van der Waals surface area contributed by atoms with Crippen LogP contribution in [-0.2, 0) is 17.6 Å². The second kappa shape index (κ2) is 9.83. The number of aromatic nitrogens is 2. The predicted octanol–water partition coefficient (Wildman–Crippen LogP) is 4.46. The molecule has 146 valence electrons. The minimum absolute atomic E-state index is 0.170. The topological polar surface area (TPSA) is 59.2 Å². The van der Waals surface area contributed by atoms with Gasteiger partial charge in [-0.3, -0.25) is 4.79 Å². The molecule has 5 heteroatoms. The molecule has 1 heterocycles. The Hall–Kier alpha value is -2.95. The molecule has 1 amide bonds. The average Bonchev–Trinajstić information content (AvgIpc) is 3.19. The third-order valence-corrected chi connectivity index (χ3v) is 4.69. The SMILES string of the molecule is CCCN(CCc1nc(-c2ccc(C)cc2)no1)C(=O)CCc1ccccc1. The second-order valence-corrected chi connectivity index (χ2v) is 6.99. The molecule has 28 heavy (non-hydrogen) atoms. The van der Waals surface area contributed by atoms with Crippen LogP contribution in [0.4, 0.5) is 0 Å². The Labute approximate surface area is 166 Å². The number of amides is 1. The molecule has 3 aromatic rings. The maximum absolute atomic E-state index is 12.6. The molecule has 0 saturated heterocycles. The fourth-order valence-electron chi connectivity index (χ4n) is 3.09. The lowest BCUT2D eigenvalue weighted by Crippen LogP contribution is -2.33. The molecule has 0 unspecified atom stereocenters. The first-order chi connectivity index (χ1) is 13.7. The van der Waals surface area contributed by atoms with Crippen LogP contribution < -0.4 is 0 Å². The van der Waals surface area contributed by atoms with Crippen LogP contribution in [0.25, 0.3) is 11.4 Å². The minimum atomic E-state index is 0.170. The highest BCUT2D eigenvalue weighted by Gasteiger charge is 2.15. The van der Waals surface area contributed by atoms with Gasteiger partial charge >= 0.3 is 0 Å². The lowest BCUT2D eigenvalue weighted by molar-refractivity contribution is -0.131. The van der Waals surface area contributed by atoms with Gasteiger partial charge in [-0.15, -0.1) is 0 Å². The zero-order valence-electron chi connectivity index (χ0n) is 16.6. The zero-order chi connectivity index (χ0) is 19.8. The summed E-state index contributed by atoms with van der Waals surface area (Å²) in [5.74, 6) is 1.32. The molecule has 0 aliphatic heterocycles. The maximum Gasteiger partial charge on any atom is 0.228 e. The first-order valence-electron chi connectivity index (χ1n) is 9.87. The quantitative estimate of drug-likeness (QED) is 0.552. The standard InChI is InChI=1S/C23H27N3O2/c1-3-16-26(22(27)14-11-19-7-5-4-6-8-19)17-15-21-24-23(25-28-21)20-12-9-18(2)10-13-20/h4-10,12-13H,3,11,14-17H2,1-2H3. The van der Waals surface area contributed by atoms with Crippen LogP contribution in [0.3, 0.4) is 0 Å². The Bertz CT molecular complexity index is 872. The van der Waals surface area contributed by atoms with Gasteiger partial charge in [0.2, 0.25) is 17.6 Å². The lowest BCUT2D eigenvalue weighted by atomic mass is 10.1. The molecule has 0 spiro atoms. The summed E-state index contributed by atoms with van der Waals surface area (Å²) >= 11 is 0. The summed E-state index contributed by atoms with van der Waals surface area (Å²) in [5.41, 5.74) is 3.31. The van der Waals surface area contributed by atoms with E-state index < -0.39 is 0 Å². The third kappa shape index (κ3) is 5.52. The molecular weight excluding hydrogens is 350 g/mol. The largest absolute Gasteiger partial charge is 0.342 e. The van der Waals surface area contributed by atoms with Gasteiger partial charge in [-0.1, -0.05) is 72.2 Å². The molecule has 0 saturated carbocycles. The van der Waals surface area contributed by atoms with Crippen LogP contribution in [0.5, 0.6) is 0 Å². The van der Waals surface area contributed by atoms with Gasteiger partial charge in [0.1, 0.15) is 0 Å². The van der Waals surface area contributed by atoms with E-state index in [-0.39, 0.29) is 5.91 Å². The van der Waals surface area contributed by atoms with Crippen molar-refractivity contribution in [3.63, 3.8) is 0 Å². The summed E-state index contributed by atoms with van der Waals surface area (Å²) in [6.07, 6.45) is 2.77. The zero-order valence-corrected chi connectivity index (χ0v) is 16.6. The highest BCUT2D eigenvalue weighted by atomic mass is 16.5. The van der Waals surface area contributed by atoms with E-state index in [1.807, 2.05) is 54.3 Å². The molecule has 1 aromatic heterocycles. The molecular formula is C23H27N3O2. The summed E-state index contributed by atoms with van der Waals surface area (Å²) in [4.78, 5) is 19.0. The number of hydrogen-bond donors (Lipinski definition) is 0. The van der Waals surface area contributed by atoms with Crippen molar-refractivity contribution in [1.82, 2.24) is 15.0 Å². The van der Waals surface area contributed by atoms with Gasteiger partial charge in [-0.2, -0.15) is 4.98 Å². The number of hydrogen-bond acceptors (Lipinski definition) is 4. The van der Waals surface area contributed by atoms with E-state index in [1.54, 1.807) is 0 Å². The fourth-order valence-corrected chi connectivity index (χ4v) is 3.09. The van der Waals surface area contributed by atoms with Gasteiger partial charge in [-0.05, 0) is 25.3 Å². The molecule has 3 rings (SSSR count). The van der Waals surface area contributed by atoms with E-state index in [0.717, 1.165) is 24.9 Å². The Morgan fingerprint density at radius 1 is 1.00 bits per heavy atom. The summed E-state index contributed by atoms with van der Waals surface area (Å²) in [6, 6.07) is 18.1. The van der Waals surface area contributed by atoms with Crippen LogP contribution in [0, 0.1) is 6.92 Å². The van der Waals surface area contributed by atoms with Gasteiger partial charge in [0.25, 0.3) is 0 Å². The van der Waals surface area contributed by atoms with Crippen molar-refractivity contribution in [2.24, 2.45) is 0 Å². The summed E-state index contributed by atoms with van der Waals surface area (Å²) in [7, 11) is 0. The van der Waals surface area contributed by atoms with Crippen molar-refractivity contribution in [2.75, 3.05) is 13.1 Å².